The number of hydrogen-bond donors (Lipinski definition) is 2. The maximum absolute atomic E-state index is 12.4. The molecule has 4 rings (SSSR count). The highest BCUT2D eigenvalue weighted by Crippen LogP contribution is 2.21. The van der Waals surface area contributed by atoms with E-state index in [0.717, 1.165) is 50.1 Å². The fourth-order valence-corrected chi connectivity index (χ4v) is 3.71. The van der Waals surface area contributed by atoms with E-state index in [1.165, 1.54) is 0 Å². The van der Waals surface area contributed by atoms with Gasteiger partial charge in [-0.2, -0.15) is 5.10 Å². The summed E-state index contributed by atoms with van der Waals surface area (Å²) in [6, 6.07) is 9.87. The molecule has 2 saturated heterocycles. The van der Waals surface area contributed by atoms with Crippen molar-refractivity contribution < 1.29 is 9.59 Å². The van der Waals surface area contributed by atoms with Crippen LogP contribution in [0.4, 0.5) is 5.69 Å². The molecule has 2 aliphatic rings. The summed E-state index contributed by atoms with van der Waals surface area (Å²) in [6.07, 6.45) is 5.64. The molecule has 1 unspecified atom stereocenters. The van der Waals surface area contributed by atoms with E-state index < -0.39 is 0 Å². The fourth-order valence-electron chi connectivity index (χ4n) is 3.71. The lowest BCUT2D eigenvalue weighted by atomic mass is 10.1. The third-order valence-corrected chi connectivity index (χ3v) is 5.26. The monoisotopic (exact) mass is 367 g/mol. The van der Waals surface area contributed by atoms with E-state index in [0.29, 0.717) is 24.7 Å². The number of nitrogens with one attached hydrogen (secondary N) is 2. The van der Waals surface area contributed by atoms with Gasteiger partial charge in [0.1, 0.15) is 5.69 Å². The molecule has 0 aliphatic carbocycles. The number of aromatic nitrogens is 2. The van der Waals surface area contributed by atoms with Gasteiger partial charge >= 0.3 is 0 Å². The van der Waals surface area contributed by atoms with Crippen molar-refractivity contribution in [3.8, 4) is 0 Å². The SMILES string of the molecule is O=C(NCc1ccc(N2CCCC2=O)cc1)c1ccn(C2CCCNC2)n1. The van der Waals surface area contributed by atoms with Crippen LogP contribution >= 0.6 is 0 Å². The van der Waals surface area contributed by atoms with Gasteiger partial charge in [0, 0.05) is 37.9 Å². The van der Waals surface area contributed by atoms with Crippen LogP contribution in [0.3, 0.4) is 0 Å². The van der Waals surface area contributed by atoms with E-state index in [1.807, 2.05) is 40.0 Å². The van der Waals surface area contributed by atoms with Gasteiger partial charge in [-0.05, 0) is 49.6 Å². The molecule has 1 aromatic heterocycles. The van der Waals surface area contributed by atoms with E-state index in [2.05, 4.69) is 15.7 Å². The van der Waals surface area contributed by atoms with Crippen LogP contribution in [0.15, 0.2) is 36.5 Å². The molecule has 7 heteroatoms. The molecule has 0 saturated carbocycles. The van der Waals surface area contributed by atoms with Gasteiger partial charge in [-0.15, -0.1) is 0 Å². The topological polar surface area (TPSA) is 79.3 Å². The van der Waals surface area contributed by atoms with Crippen molar-refractivity contribution >= 4 is 17.5 Å². The Kier molecular flexibility index (Phi) is 5.20. The first-order valence-electron chi connectivity index (χ1n) is 9.64. The quantitative estimate of drug-likeness (QED) is 0.846. The second kappa shape index (κ2) is 7.92. The highest BCUT2D eigenvalue weighted by molar-refractivity contribution is 5.95. The highest BCUT2D eigenvalue weighted by atomic mass is 16.2. The molecule has 0 spiro atoms. The van der Waals surface area contributed by atoms with Gasteiger partial charge in [0.25, 0.3) is 5.91 Å². The third kappa shape index (κ3) is 4.03. The zero-order valence-corrected chi connectivity index (χ0v) is 15.4. The van der Waals surface area contributed by atoms with Gasteiger partial charge in [-0.3, -0.25) is 14.3 Å². The molecule has 2 N–H and O–H groups in total. The van der Waals surface area contributed by atoms with Crippen molar-refractivity contribution in [1.29, 1.82) is 0 Å². The molecule has 2 aliphatic heterocycles. The van der Waals surface area contributed by atoms with Crippen molar-refractivity contribution in [3.63, 3.8) is 0 Å². The normalized spacial score (nSPS) is 20.1. The van der Waals surface area contributed by atoms with Crippen molar-refractivity contribution in [3.05, 3.63) is 47.8 Å². The Morgan fingerprint density at radius 3 is 2.78 bits per heavy atom. The Morgan fingerprint density at radius 2 is 2.07 bits per heavy atom. The maximum atomic E-state index is 12.4. The summed E-state index contributed by atoms with van der Waals surface area (Å²) >= 11 is 0. The van der Waals surface area contributed by atoms with Crippen LogP contribution in [0.2, 0.25) is 0 Å². The summed E-state index contributed by atoms with van der Waals surface area (Å²) in [6.45, 7) is 3.17. The Balaban J connectivity index is 1.32. The predicted molar refractivity (Wildman–Crippen MR) is 103 cm³/mol. The van der Waals surface area contributed by atoms with Crippen LogP contribution in [0.1, 0.15) is 47.8 Å². The summed E-state index contributed by atoms with van der Waals surface area (Å²) in [5.41, 5.74) is 2.36. The number of carbonyl (C=O) groups is 2. The van der Waals surface area contributed by atoms with E-state index in [-0.39, 0.29) is 11.8 Å². The molecule has 27 heavy (non-hydrogen) atoms. The Bertz CT molecular complexity index is 808. The molecule has 142 valence electrons. The van der Waals surface area contributed by atoms with Crippen LogP contribution < -0.4 is 15.5 Å². The van der Waals surface area contributed by atoms with Gasteiger partial charge in [0.15, 0.2) is 0 Å². The molecule has 1 aromatic carbocycles. The number of hydrogen-bond acceptors (Lipinski definition) is 4. The number of nitrogens with zero attached hydrogens (tertiary/aromatic N) is 3. The van der Waals surface area contributed by atoms with Crippen molar-refractivity contribution in [2.45, 2.75) is 38.3 Å². The van der Waals surface area contributed by atoms with Gasteiger partial charge in [0.05, 0.1) is 6.04 Å². The number of piperidine rings is 1. The first-order chi connectivity index (χ1) is 13.2. The van der Waals surface area contributed by atoms with Crippen molar-refractivity contribution in [2.75, 3.05) is 24.5 Å². The molecule has 0 radical (unpaired) electrons. The average Bonchev–Trinajstić information content (AvgIpc) is 3.37. The number of amides is 2. The molecular formula is C20H25N5O2. The Morgan fingerprint density at radius 1 is 1.22 bits per heavy atom. The van der Waals surface area contributed by atoms with Crippen molar-refractivity contribution in [1.82, 2.24) is 20.4 Å². The first-order valence-corrected chi connectivity index (χ1v) is 9.64. The van der Waals surface area contributed by atoms with Gasteiger partial charge in [-0.1, -0.05) is 12.1 Å². The lowest BCUT2D eigenvalue weighted by molar-refractivity contribution is -0.117. The molecule has 1 atom stereocenters. The second-order valence-electron chi connectivity index (χ2n) is 7.18. The van der Waals surface area contributed by atoms with Gasteiger partial charge in [0.2, 0.25) is 5.91 Å². The smallest absolute Gasteiger partial charge is 0.272 e. The average molecular weight is 367 g/mol. The number of benzene rings is 1. The number of carbonyl (C=O) groups excluding carboxylic acids is 2. The summed E-state index contributed by atoms with van der Waals surface area (Å²) in [4.78, 5) is 26.0. The van der Waals surface area contributed by atoms with Crippen LogP contribution in [0, 0.1) is 0 Å². The van der Waals surface area contributed by atoms with Crippen LogP contribution in [0.25, 0.3) is 0 Å². The lowest BCUT2D eigenvalue weighted by Crippen LogP contribution is -2.32. The minimum absolute atomic E-state index is 0.170. The second-order valence-corrected chi connectivity index (χ2v) is 7.18. The van der Waals surface area contributed by atoms with Crippen LogP contribution in [-0.2, 0) is 11.3 Å². The van der Waals surface area contributed by atoms with Crippen LogP contribution in [-0.4, -0.2) is 41.2 Å². The van der Waals surface area contributed by atoms with E-state index in [4.69, 9.17) is 0 Å². The standard InChI is InChI=1S/C20H25N5O2/c26-19-4-2-11-24(19)16-7-5-15(6-8-16)13-22-20(27)18-9-12-25(23-18)17-3-1-10-21-14-17/h5-9,12,17,21H,1-4,10-11,13-14H2,(H,22,27). The predicted octanol–water partition coefficient (Wildman–Crippen LogP) is 1.86. The fraction of sp³-hybridized carbons (Fsp3) is 0.450. The third-order valence-electron chi connectivity index (χ3n) is 5.26. The van der Waals surface area contributed by atoms with E-state index >= 15 is 0 Å². The summed E-state index contributed by atoms with van der Waals surface area (Å²) < 4.78 is 1.89. The zero-order valence-electron chi connectivity index (χ0n) is 15.4. The van der Waals surface area contributed by atoms with Crippen molar-refractivity contribution in [2.24, 2.45) is 0 Å². The Hall–Kier alpha value is -2.67. The molecule has 7 nitrogen and oxygen atoms in total. The molecule has 0 bridgehead atoms. The summed E-state index contributed by atoms with van der Waals surface area (Å²) in [5.74, 6) is 0.0103. The van der Waals surface area contributed by atoms with Crippen LogP contribution in [0.5, 0.6) is 0 Å². The summed E-state index contributed by atoms with van der Waals surface area (Å²) in [5, 5.41) is 10.7. The zero-order chi connectivity index (χ0) is 18.6. The highest BCUT2D eigenvalue weighted by Gasteiger charge is 2.21. The Labute approximate surface area is 158 Å². The molecule has 2 aromatic rings. The van der Waals surface area contributed by atoms with Gasteiger partial charge in [-0.25, -0.2) is 0 Å². The van der Waals surface area contributed by atoms with E-state index in [9.17, 15) is 9.59 Å². The minimum atomic E-state index is -0.170. The van der Waals surface area contributed by atoms with E-state index in [1.54, 1.807) is 6.07 Å². The number of anilines is 1. The minimum Gasteiger partial charge on any atom is -0.347 e. The van der Waals surface area contributed by atoms with Gasteiger partial charge < -0.3 is 15.5 Å². The maximum Gasteiger partial charge on any atom is 0.272 e. The molecule has 3 heterocycles. The molecule has 2 amide bonds. The molecule has 2 fully saturated rings. The molecular weight excluding hydrogens is 342 g/mol. The largest absolute Gasteiger partial charge is 0.347 e. The number of rotatable bonds is 5. The first kappa shape index (κ1) is 17.7. The summed E-state index contributed by atoms with van der Waals surface area (Å²) in [7, 11) is 0. The lowest BCUT2D eigenvalue weighted by Gasteiger charge is -2.22.